The molecule has 0 aliphatic rings. The summed E-state index contributed by atoms with van der Waals surface area (Å²) in [5.41, 5.74) is 8.09. The van der Waals surface area contributed by atoms with Crippen LogP contribution in [0.4, 0.5) is 5.69 Å². The van der Waals surface area contributed by atoms with Crippen molar-refractivity contribution in [2.75, 3.05) is 5.73 Å². The highest BCUT2D eigenvalue weighted by atomic mass is 31.0. The number of nitrogens with two attached hydrogens (primary N) is 1. The lowest BCUT2D eigenvalue weighted by molar-refractivity contribution is 1.25. The van der Waals surface area contributed by atoms with Gasteiger partial charge in [-0.3, -0.25) is 4.98 Å². The molecular formula is C6H9N2P. The quantitative estimate of drug-likeness (QED) is 0.532. The van der Waals surface area contributed by atoms with Crippen LogP contribution >= 0.6 is 9.24 Å². The third-order valence-corrected chi connectivity index (χ3v) is 1.47. The van der Waals surface area contributed by atoms with Crippen molar-refractivity contribution in [1.29, 1.82) is 0 Å². The summed E-state index contributed by atoms with van der Waals surface area (Å²) in [6.07, 6.45) is 0. The van der Waals surface area contributed by atoms with Crippen LogP contribution in [0.25, 0.3) is 0 Å². The van der Waals surface area contributed by atoms with Crippen LogP contribution in [0.1, 0.15) is 5.69 Å². The standard InChI is InChI=1S/C6H9N2P/c1-4-5(7)2-3-6(9)8-4/h2-3H,7,9H2,1H3. The predicted molar refractivity (Wildman–Crippen MR) is 42.7 cm³/mol. The molecule has 1 heterocycles. The zero-order valence-corrected chi connectivity index (χ0v) is 6.41. The van der Waals surface area contributed by atoms with Gasteiger partial charge in [0.2, 0.25) is 0 Å². The molecule has 2 N–H and O–H groups in total. The highest BCUT2D eigenvalue weighted by Crippen LogP contribution is 2.03. The van der Waals surface area contributed by atoms with E-state index in [1.165, 1.54) is 0 Å². The van der Waals surface area contributed by atoms with Gasteiger partial charge in [-0.25, -0.2) is 0 Å². The first-order valence-corrected chi connectivity index (χ1v) is 3.26. The Kier molecular flexibility index (Phi) is 1.68. The van der Waals surface area contributed by atoms with Crippen LogP contribution in [-0.2, 0) is 0 Å². The van der Waals surface area contributed by atoms with Gasteiger partial charge in [-0.05, 0) is 19.1 Å². The molecule has 0 fully saturated rings. The molecule has 2 nitrogen and oxygen atoms in total. The van der Waals surface area contributed by atoms with Crippen LogP contribution < -0.4 is 11.2 Å². The average molecular weight is 140 g/mol. The first-order valence-electron chi connectivity index (χ1n) is 2.69. The van der Waals surface area contributed by atoms with Crippen molar-refractivity contribution in [3.8, 4) is 0 Å². The highest BCUT2D eigenvalue weighted by molar-refractivity contribution is 7.26. The molecule has 1 atom stereocenters. The third kappa shape index (κ3) is 1.39. The number of hydrogen-bond donors (Lipinski definition) is 1. The summed E-state index contributed by atoms with van der Waals surface area (Å²) >= 11 is 0. The molecule has 1 aromatic heterocycles. The fourth-order valence-electron chi connectivity index (χ4n) is 0.591. The van der Waals surface area contributed by atoms with Crippen molar-refractivity contribution in [1.82, 2.24) is 4.98 Å². The lowest BCUT2D eigenvalue weighted by Gasteiger charge is -1.97. The second-order valence-corrected chi connectivity index (χ2v) is 2.50. The van der Waals surface area contributed by atoms with Crippen LogP contribution in [0.15, 0.2) is 12.1 Å². The number of anilines is 1. The van der Waals surface area contributed by atoms with Gasteiger partial charge in [-0.1, -0.05) is 9.24 Å². The summed E-state index contributed by atoms with van der Waals surface area (Å²) in [6.45, 7) is 1.89. The highest BCUT2D eigenvalue weighted by Gasteiger charge is 1.91. The van der Waals surface area contributed by atoms with E-state index in [1.807, 2.05) is 19.1 Å². The van der Waals surface area contributed by atoms with Crippen LogP contribution in [0.3, 0.4) is 0 Å². The maximum absolute atomic E-state index is 5.52. The molecule has 3 heteroatoms. The van der Waals surface area contributed by atoms with E-state index in [0.717, 1.165) is 16.8 Å². The summed E-state index contributed by atoms with van der Waals surface area (Å²) in [7, 11) is 2.52. The number of aromatic nitrogens is 1. The Labute approximate surface area is 56.7 Å². The lowest BCUT2D eigenvalue weighted by atomic mass is 10.3. The molecule has 0 aliphatic carbocycles. The van der Waals surface area contributed by atoms with Gasteiger partial charge < -0.3 is 5.73 Å². The van der Waals surface area contributed by atoms with Crippen LogP contribution in [0.2, 0.25) is 0 Å². The lowest BCUT2D eigenvalue weighted by Crippen LogP contribution is -2.01. The first kappa shape index (κ1) is 6.50. The molecule has 0 spiro atoms. The number of nitrogen functional groups attached to an aromatic ring is 1. The molecule has 1 aromatic rings. The van der Waals surface area contributed by atoms with Crippen molar-refractivity contribution in [2.24, 2.45) is 0 Å². The molecule has 9 heavy (non-hydrogen) atoms. The van der Waals surface area contributed by atoms with Crippen molar-refractivity contribution in [3.63, 3.8) is 0 Å². The SMILES string of the molecule is Cc1nc(P)ccc1N. The molecule has 0 aliphatic heterocycles. The number of hydrogen-bond acceptors (Lipinski definition) is 2. The van der Waals surface area contributed by atoms with Gasteiger partial charge in [0.05, 0.1) is 16.8 Å². The van der Waals surface area contributed by atoms with Crippen molar-refractivity contribution in [2.45, 2.75) is 6.92 Å². The van der Waals surface area contributed by atoms with Gasteiger partial charge in [0.15, 0.2) is 0 Å². The van der Waals surface area contributed by atoms with E-state index in [-0.39, 0.29) is 0 Å². The number of aryl methyl sites for hydroxylation is 1. The van der Waals surface area contributed by atoms with Gasteiger partial charge in [0.1, 0.15) is 0 Å². The van der Waals surface area contributed by atoms with Crippen molar-refractivity contribution >= 4 is 20.4 Å². The summed E-state index contributed by atoms with van der Waals surface area (Å²) < 4.78 is 0. The van der Waals surface area contributed by atoms with Crippen LogP contribution in [0.5, 0.6) is 0 Å². The smallest absolute Gasteiger partial charge is 0.0609 e. The van der Waals surface area contributed by atoms with E-state index < -0.39 is 0 Å². The minimum absolute atomic E-state index is 0.751. The van der Waals surface area contributed by atoms with E-state index in [9.17, 15) is 0 Å². The average Bonchev–Trinajstić information content (AvgIpc) is 1.80. The van der Waals surface area contributed by atoms with Gasteiger partial charge in [0.25, 0.3) is 0 Å². The summed E-state index contributed by atoms with van der Waals surface area (Å²) in [5.74, 6) is 0. The monoisotopic (exact) mass is 140 g/mol. The first-order chi connectivity index (χ1) is 4.20. The van der Waals surface area contributed by atoms with Gasteiger partial charge >= 0.3 is 0 Å². The normalized spacial score (nSPS) is 9.56. The molecule has 0 saturated heterocycles. The molecule has 0 radical (unpaired) electrons. The van der Waals surface area contributed by atoms with Crippen molar-refractivity contribution < 1.29 is 0 Å². The Morgan fingerprint density at radius 3 is 2.67 bits per heavy atom. The largest absolute Gasteiger partial charge is 0.397 e. The summed E-state index contributed by atoms with van der Waals surface area (Å²) in [5, 5.41) is 0. The van der Waals surface area contributed by atoms with E-state index >= 15 is 0 Å². The van der Waals surface area contributed by atoms with Crippen LogP contribution in [0, 0.1) is 6.92 Å². The Balaban J connectivity index is 3.17. The van der Waals surface area contributed by atoms with Gasteiger partial charge in [0, 0.05) is 0 Å². The zero-order chi connectivity index (χ0) is 6.85. The molecule has 48 valence electrons. The summed E-state index contributed by atoms with van der Waals surface area (Å²) in [6, 6.07) is 3.72. The molecule has 0 aromatic carbocycles. The number of rotatable bonds is 0. The third-order valence-electron chi connectivity index (χ3n) is 1.15. The molecule has 0 bridgehead atoms. The number of nitrogens with zero attached hydrogens (tertiary/aromatic N) is 1. The zero-order valence-electron chi connectivity index (χ0n) is 5.26. The maximum Gasteiger partial charge on any atom is 0.0609 e. The predicted octanol–water partition coefficient (Wildman–Crippen LogP) is 0.473. The molecule has 0 amide bonds. The molecular weight excluding hydrogens is 131 g/mol. The Morgan fingerprint density at radius 1 is 1.56 bits per heavy atom. The van der Waals surface area contributed by atoms with E-state index in [2.05, 4.69) is 14.2 Å². The van der Waals surface area contributed by atoms with Gasteiger partial charge in [-0.15, -0.1) is 0 Å². The number of pyridine rings is 1. The second-order valence-electron chi connectivity index (χ2n) is 1.91. The Hall–Kier alpha value is -0.620. The summed E-state index contributed by atoms with van der Waals surface area (Å²) in [4.78, 5) is 4.11. The molecule has 0 saturated carbocycles. The fourth-order valence-corrected chi connectivity index (χ4v) is 0.881. The topological polar surface area (TPSA) is 38.9 Å². The Morgan fingerprint density at radius 2 is 2.22 bits per heavy atom. The second kappa shape index (κ2) is 2.32. The minimum Gasteiger partial charge on any atom is -0.397 e. The maximum atomic E-state index is 5.52. The van der Waals surface area contributed by atoms with E-state index in [0.29, 0.717) is 0 Å². The minimum atomic E-state index is 0.751. The van der Waals surface area contributed by atoms with E-state index in [4.69, 9.17) is 5.73 Å². The molecule has 1 unspecified atom stereocenters. The Bertz CT molecular complexity index is 222. The van der Waals surface area contributed by atoms with E-state index in [1.54, 1.807) is 0 Å². The van der Waals surface area contributed by atoms with Crippen molar-refractivity contribution in [3.05, 3.63) is 17.8 Å². The van der Waals surface area contributed by atoms with Crippen LogP contribution in [-0.4, -0.2) is 4.98 Å². The molecule has 1 rings (SSSR count). The van der Waals surface area contributed by atoms with Gasteiger partial charge in [-0.2, -0.15) is 0 Å². The fraction of sp³-hybridized carbons (Fsp3) is 0.167.